The number of aldehydes is 2. The molecule has 0 aliphatic carbocycles. The third kappa shape index (κ3) is 1.79. The van der Waals surface area contributed by atoms with Gasteiger partial charge in [0.05, 0.1) is 10.4 Å². The highest BCUT2D eigenvalue weighted by Gasteiger charge is 2.10. The molecule has 1 aromatic heterocycles. The van der Waals surface area contributed by atoms with Crippen molar-refractivity contribution >= 4 is 23.9 Å². The summed E-state index contributed by atoms with van der Waals surface area (Å²) in [5.74, 6) is -0.550. The van der Waals surface area contributed by atoms with Crippen molar-refractivity contribution in [1.29, 1.82) is 0 Å². The summed E-state index contributed by atoms with van der Waals surface area (Å²) >= 11 is 1.26. The summed E-state index contributed by atoms with van der Waals surface area (Å²) in [7, 11) is 0. The smallest absolute Gasteiger partial charge is 0.160 e. The summed E-state index contributed by atoms with van der Waals surface area (Å²) in [6.45, 7) is 0. The molecule has 0 radical (unpaired) electrons. The van der Waals surface area contributed by atoms with Crippen LogP contribution in [-0.4, -0.2) is 12.6 Å². The van der Waals surface area contributed by atoms with Crippen LogP contribution in [0.3, 0.4) is 0 Å². The molecule has 0 saturated carbocycles. The fourth-order valence-corrected chi connectivity index (χ4v) is 2.17. The maximum atomic E-state index is 13.3. The second-order valence-electron chi connectivity index (χ2n) is 3.17. The zero-order chi connectivity index (χ0) is 11.5. The van der Waals surface area contributed by atoms with Crippen LogP contribution in [0.4, 0.5) is 4.39 Å². The first-order valence-corrected chi connectivity index (χ1v) is 5.42. The lowest BCUT2D eigenvalue weighted by molar-refractivity contribution is 0.111. The number of carbonyl (C=O) groups excluding carboxylic acids is 2. The minimum atomic E-state index is -0.550. The lowest BCUT2D eigenvalue weighted by Gasteiger charge is -2.02. The zero-order valence-electron chi connectivity index (χ0n) is 8.14. The van der Waals surface area contributed by atoms with Crippen molar-refractivity contribution in [1.82, 2.24) is 0 Å². The van der Waals surface area contributed by atoms with Crippen LogP contribution in [-0.2, 0) is 0 Å². The average Bonchev–Trinajstić information content (AvgIpc) is 2.77. The van der Waals surface area contributed by atoms with E-state index in [0.29, 0.717) is 22.3 Å². The molecule has 0 amide bonds. The Balaban J connectivity index is 2.59. The van der Waals surface area contributed by atoms with Crippen LogP contribution in [0.1, 0.15) is 20.0 Å². The summed E-state index contributed by atoms with van der Waals surface area (Å²) in [6.07, 6.45) is 1.22. The van der Waals surface area contributed by atoms with Gasteiger partial charge in [0.2, 0.25) is 0 Å². The first-order valence-electron chi connectivity index (χ1n) is 4.54. The van der Waals surface area contributed by atoms with Crippen molar-refractivity contribution in [3.63, 3.8) is 0 Å². The minimum Gasteiger partial charge on any atom is -0.298 e. The molecule has 1 heterocycles. The second-order valence-corrected chi connectivity index (χ2v) is 4.12. The van der Waals surface area contributed by atoms with Gasteiger partial charge in [0, 0.05) is 0 Å². The normalized spacial score (nSPS) is 10.1. The Hall–Kier alpha value is -1.81. The molecule has 80 valence electrons. The van der Waals surface area contributed by atoms with Gasteiger partial charge >= 0.3 is 0 Å². The Labute approximate surface area is 95.3 Å². The van der Waals surface area contributed by atoms with E-state index in [1.165, 1.54) is 23.5 Å². The largest absolute Gasteiger partial charge is 0.298 e. The Morgan fingerprint density at radius 3 is 2.62 bits per heavy atom. The van der Waals surface area contributed by atoms with Crippen molar-refractivity contribution in [2.24, 2.45) is 0 Å². The third-order valence-electron chi connectivity index (χ3n) is 2.22. The van der Waals surface area contributed by atoms with E-state index in [9.17, 15) is 14.0 Å². The molecule has 0 aliphatic heterocycles. The summed E-state index contributed by atoms with van der Waals surface area (Å²) in [6, 6.07) is 6.07. The van der Waals surface area contributed by atoms with E-state index in [0.717, 1.165) is 6.29 Å². The van der Waals surface area contributed by atoms with Crippen molar-refractivity contribution in [3.05, 3.63) is 45.9 Å². The van der Waals surface area contributed by atoms with Crippen molar-refractivity contribution in [3.8, 4) is 11.1 Å². The molecule has 2 nitrogen and oxygen atoms in total. The number of rotatable bonds is 3. The summed E-state index contributed by atoms with van der Waals surface area (Å²) in [5.41, 5.74) is 1.23. The first-order chi connectivity index (χ1) is 7.76. The fraction of sp³-hybridized carbons (Fsp3) is 0. The summed E-state index contributed by atoms with van der Waals surface area (Å²) in [4.78, 5) is 21.9. The van der Waals surface area contributed by atoms with Gasteiger partial charge in [0.1, 0.15) is 5.82 Å². The first kappa shape index (κ1) is 10.7. The van der Waals surface area contributed by atoms with Crippen LogP contribution in [0.2, 0.25) is 0 Å². The van der Waals surface area contributed by atoms with Crippen LogP contribution in [0, 0.1) is 5.82 Å². The molecule has 2 rings (SSSR count). The van der Waals surface area contributed by atoms with Gasteiger partial charge in [-0.05, 0) is 28.6 Å². The Morgan fingerprint density at radius 2 is 2.00 bits per heavy atom. The predicted molar refractivity (Wildman–Crippen MR) is 60.5 cm³/mol. The molecule has 0 unspecified atom stereocenters. The van der Waals surface area contributed by atoms with Crippen LogP contribution < -0.4 is 0 Å². The molecule has 2 aromatic rings. The number of hydrogen-bond donors (Lipinski definition) is 0. The van der Waals surface area contributed by atoms with Gasteiger partial charge < -0.3 is 0 Å². The standard InChI is InChI=1S/C12H7FO2S/c13-12-3-1-2-10(11(12)6-15)8-4-9(5-14)16-7-8/h1-7H. The SMILES string of the molecule is O=Cc1cc(-c2cccc(F)c2C=O)cs1. The van der Waals surface area contributed by atoms with E-state index in [1.807, 2.05) is 0 Å². The van der Waals surface area contributed by atoms with Gasteiger partial charge in [-0.3, -0.25) is 9.59 Å². The van der Waals surface area contributed by atoms with Crippen LogP contribution >= 0.6 is 11.3 Å². The van der Waals surface area contributed by atoms with Gasteiger partial charge in [-0.1, -0.05) is 12.1 Å². The number of thiophene rings is 1. The number of hydrogen-bond acceptors (Lipinski definition) is 3. The molecule has 16 heavy (non-hydrogen) atoms. The minimum absolute atomic E-state index is 0.0257. The predicted octanol–water partition coefficient (Wildman–Crippen LogP) is 3.18. The molecule has 0 fully saturated rings. The Kier molecular flexibility index (Phi) is 2.92. The highest BCUT2D eigenvalue weighted by molar-refractivity contribution is 7.12. The number of carbonyl (C=O) groups is 2. The van der Waals surface area contributed by atoms with Crippen molar-refractivity contribution in [2.75, 3.05) is 0 Å². The monoisotopic (exact) mass is 234 g/mol. The van der Waals surface area contributed by atoms with Crippen LogP contribution in [0.5, 0.6) is 0 Å². The van der Waals surface area contributed by atoms with E-state index in [1.54, 1.807) is 17.5 Å². The molecular formula is C12H7FO2S. The maximum absolute atomic E-state index is 13.3. The summed E-state index contributed by atoms with van der Waals surface area (Å²) in [5, 5.41) is 1.73. The quantitative estimate of drug-likeness (QED) is 0.764. The second kappa shape index (κ2) is 4.37. The maximum Gasteiger partial charge on any atom is 0.160 e. The average molecular weight is 234 g/mol. The van der Waals surface area contributed by atoms with E-state index in [-0.39, 0.29) is 5.56 Å². The third-order valence-corrected chi connectivity index (χ3v) is 3.08. The van der Waals surface area contributed by atoms with Crippen molar-refractivity contribution in [2.45, 2.75) is 0 Å². The highest BCUT2D eigenvalue weighted by atomic mass is 32.1. The molecule has 0 saturated heterocycles. The van der Waals surface area contributed by atoms with E-state index in [2.05, 4.69) is 0 Å². The van der Waals surface area contributed by atoms with Crippen LogP contribution in [0.25, 0.3) is 11.1 Å². The Morgan fingerprint density at radius 1 is 1.19 bits per heavy atom. The molecule has 0 spiro atoms. The lowest BCUT2D eigenvalue weighted by Crippen LogP contribution is -1.91. The topological polar surface area (TPSA) is 34.1 Å². The molecule has 0 atom stereocenters. The van der Waals surface area contributed by atoms with Gasteiger partial charge in [-0.15, -0.1) is 11.3 Å². The molecule has 0 bridgehead atoms. The van der Waals surface area contributed by atoms with Crippen molar-refractivity contribution < 1.29 is 14.0 Å². The molecule has 0 N–H and O–H groups in total. The van der Waals surface area contributed by atoms with E-state index in [4.69, 9.17) is 0 Å². The molecule has 4 heteroatoms. The molecular weight excluding hydrogens is 227 g/mol. The zero-order valence-corrected chi connectivity index (χ0v) is 8.96. The van der Waals surface area contributed by atoms with E-state index >= 15 is 0 Å². The fourth-order valence-electron chi connectivity index (χ4n) is 1.46. The Bertz CT molecular complexity index is 546. The number of halogens is 1. The lowest BCUT2D eigenvalue weighted by atomic mass is 10.0. The summed E-state index contributed by atoms with van der Waals surface area (Å²) < 4.78 is 13.3. The highest BCUT2D eigenvalue weighted by Crippen LogP contribution is 2.28. The van der Waals surface area contributed by atoms with Gasteiger partial charge in [0.25, 0.3) is 0 Å². The van der Waals surface area contributed by atoms with Gasteiger partial charge in [-0.2, -0.15) is 0 Å². The van der Waals surface area contributed by atoms with Gasteiger partial charge in [-0.25, -0.2) is 4.39 Å². The molecule has 0 aliphatic rings. The van der Waals surface area contributed by atoms with Crippen LogP contribution in [0.15, 0.2) is 29.6 Å². The molecule has 1 aromatic carbocycles. The van der Waals surface area contributed by atoms with E-state index < -0.39 is 5.82 Å². The number of benzene rings is 1. The van der Waals surface area contributed by atoms with Gasteiger partial charge in [0.15, 0.2) is 12.6 Å².